The molecule has 0 unspecified atom stereocenters. The van der Waals surface area contributed by atoms with Crippen LogP contribution in [0.15, 0.2) is 0 Å². The third-order valence-corrected chi connectivity index (χ3v) is 2.88. The summed E-state index contributed by atoms with van der Waals surface area (Å²) in [7, 11) is 0. The molecule has 0 amide bonds. The second-order valence-corrected chi connectivity index (χ2v) is 3.97. The highest BCUT2D eigenvalue weighted by Crippen LogP contribution is 2.22. The van der Waals surface area contributed by atoms with Gasteiger partial charge in [-0.3, -0.25) is 4.90 Å². The van der Waals surface area contributed by atoms with Crippen molar-refractivity contribution in [1.82, 2.24) is 4.90 Å². The highest BCUT2D eigenvalue weighted by molar-refractivity contribution is 4.76. The first-order chi connectivity index (χ1) is 6.74. The molecule has 1 rings (SSSR count). The van der Waals surface area contributed by atoms with Gasteiger partial charge in [-0.1, -0.05) is 19.3 Å². The van der Waals surface area contributed by atoms with E-state index in [-0.39, 0.29) is 6.54 Å². The molecule has 84 valence electrons. The molecule has 1 saturated carbocycles. The van der Waals surface area contributed by atoms with Gasteiger partial charge in [0, 0.05) is 19.1 Å². The summed E-state index contributed by atoms with van der Waals surface area (Å²) in [5.74, 6) is 0. The maximum atomic E-state index is 12.3. The Kier molecular flexibility index (Phi) is 5.33. The Morgan fingerprint density at radius 3 is 2.36 bits per heavy atom. The van der Waals surface area contributed by atoms with Crippen LogP contribution in [0.4, 0.5) is 8.78 Å². The number of rotatable bonds is 5. The largest absolute Gasteiger partial charge is 0.329 e. The Balaban J connectivity index is 2.38. The first-order valence-electron chi connectivity index (χ1n) is 5.46. The lowest BCUT2D eigenvalue weighted by atomic mass is 9.94. The first kappa shape index (κ1) is 11.9. The van der Waals surface area contributed by atoms with Crippen molar-refractivity contribution in [2.45, 2.75) is 44.6 Å². The fourth-order valence-corrected chi connectivity index (χ4v) is 2.21. The van der Waals surface area contributed by atoms with Crippen LogP contribution in [-0.4, -0.2) is 37.0 Å². The summed E-state index contributed by atoms with van der Waals surface area (Å²) in [4.78, 5) is 1.86. The molecule has 0 aromatic carbocycles. The van der Waals surface area contributed by atoms with Crippen LogP contribution >= 0.6 is 0 Å². The van der Waals surface area contributed by atoms with Crippen LogP contribution in [0, 0.1) is 0 Å². The molecular formula is C10H20F2N2. The lowest BCUT2D eigenvalue weighted by Crippen LogP contribution is -2.42. The molecule has 2 N–H and O–H groups in total. The van der Waals surface area contributed by atoms with E-state index < -0.39 is 6.43 Å². The molecule has 1 fully saturated rings. The van der Waals surface area contributed by atoms with Gasteiger partial charge < -0.3 is 5.73 Å². The zero-order chi connectivity index (χ0) is 10.4. The molecule has 4 heteroatoms. The van der Waals surface area contributed by atoms with Crippen molar-refractivity contribution in [3.63, 3.8) is 0 Å². The Labute approximate surface area is 84.4 Å². The van der Waals surface area contributed by atoms with Gasteiger partial charge in [0.1, 0.15) is 0 Å². The molecule has 14 heavy (non-hydrogen) atoms. The number of alkyl halides is 2. The van der Waals surface area contributed by atoms with Crippen molar-refractivity contribution in [1.29, 1.82) is 0 Å². The van der Waals surface area contributed by atoms with Gasteiger partial charge in [-0.05, 0) is 12.8 Å². The number of hydrogen-bond acceptors (Lipinski definition) is 2. The Morgan fingerprint density at radius 2 is 1.86 bits per heavy atom. The Hall–Kier alpha value is -0.220. The predicted octanol–water partition coefficient (Wildman–Crippen LogP) is 1.84. The third-order valence-electron chi connectivity index (χ3n) is 2.88. The molecule has 1 aliphatic carbocycles. The van der Waals surface area contributed by atoms with Gasteiger partial charge in [0.05, 0.1) is 6.54 Å². The average Bonchev–Trinajstić information content (AvgIpc) is 2.18. The van der Waals surface area contributed by atoms with Gasteiger partial charge in [-0.25, -0.2) is 8.78 Å². The standard InChI is InChI=1S/C10H20F2N2/c11-10(12)8-14(7-6-13)9-4-2-1-3-5-9/h9-10H,1-8,13H2. The highest BCUT2D eigenvalue weighted by Gasteiger charge is 2.22. The summed E-state index contributed by atoms with van der Waals surface area (Å²) in [6, 6.07) is 0.348. The van der Waals surface area contributed by atoms with E-state index >= 15 is 0 Å². The number of hydrogen-bond donors (Lipinski definition) is 1. The van der Waals surface area contributed by atoms with E-state index in [1.165, 1.54) is 19.3 Å². The van der Waals surface area contributed by atoms with E-state index in [1.807, 2.05) is 4.90 Å². The zero-order valence-corrected chi connectivity index (χ0v) is 8.59. The number of nitrogens with two attached hydrogens (primary N) is 1. The topological polar surface area (TPSA) is 29.3 Å². The molecule has 0 aromatic rings. The second kappa shape index (κ2) is 6.30. The fraction of sp³-hybridized carbons (Fsp3) is 1.00. The first-order valence-corrected chi connectivity index (χ1v) is 5.46. The molecule has 0 radical (unpaired) electrons. The van der Waals surface area contributed by atoms with Crippen molar-refractivity contribution in [3.05, 3.63) is 0 Å². The normalized spacial score (nSPS) is 19.5. The van der Waals surface area contributed by atoms with Crippen molar-refractivity contribution >= 4 is 0 Å². The number of halogens is 2. The van der Waals surface area contributed by atoms with Gasteiger partial charge in [-0.2, -0.15) is 0 Å². The number of nitrogens with zero attached hydrogens (tertiary/aromatic N) is 1. The lowest BCUT2D eigenvalue weighted by molar-refractivity contribution is 0.0563. The van der Waals surface area contributed by atoms with E-state index in [0.29, 0.717) is 19.1 Å². The predicted molar refractivity (Wildman–Crippen MR) is 53.5 cm³/mol. The van der Waals surface area contributed by atoms with E-state index in [9.17, 15) is 8.78 Å². The molecule has 0 heterocycles. The summed E-state index contributed by atoms with van der Waals surface area (Å²) in [5.41, 5.74) is 5.43. The molecule has 0 aromatic heterocycles. The summed E-state index contributed by atoms with van der Waals surface area (Å²) < 4.78 is 24.6. The Bertz CT molecular complexity index is 147. The highest BCUT2D eigenvalue weighted by atomic mass is 19.3. The summed E-state index contributed by atoms with van der Waals surface area (Å²) in [6.45, 7) is 0.972. The molecule has 0 saturated heterocycles. The van der Waals surface area contributed by atoms with E-state index in [0.717, 1.165) is 12.8 Å². The molecule has 0 spiro atoms. The van der Waals surface area contributed by atoms with Gasteiger partial charge in [0.2, 0.25) is 0 Å². The minimum Gasteiger partial charge on any atom is -0.329 e. The molecule has 1 aliphatic rings. The smallest absolute Gasteiger partial charge is 0.251 e. The molecule has 0 bridgehead atoms. The average molecular weight is 206 g/mol. The van der Waals surface area contributed by atoms with Crippen LogP contribution in [-0.2, 0) is 0 Å². The second-order valence-electron chi connectivity index (χ2n) is 3.97. The monoisotopic (exact) mass is 206 g/mol. The van der Waals surface area contributed by atoms with E-state index in [1.54, 1.807) is 0 Å². The van der Waals surface area contributed by atoms with Gasteiger partial charge in [-0.15, -0.1) is 0 Å². The summed E-state index contributed by atoms with van der Waals surface area (Å²) in [6.07, 6.45) is 3.49. The third kappa shape index (κ3) is 3.88. The summed E-state index contributed by atoms with van der Waals surface area (Å²) in [5, 5.41) is 0. The minimum atomic E-state index is -2.23. The maximum absolute atomic E-state index is 12.3. The molecule has 0 atom stereocenters. The van der Waals surface area contributed by atoms with Crippen molar-refractivity contribution in [3.8, 4) is 0 Å². The van der Waals surface area contributed by atoms with Crippen LogP contribution < -0.4 is 5.73 Å². The van der Waals surface area contributed by atoms with E-state index in [2.05, 4.69) is 0 Å². The lowest BCUT2D eigenvalue weighted by Gasteiger charge is -2.33. The van der Waals surface area contributed by atoms with Crippen LogP contribution in [0.3, 0.4) is 0 Å². The van der Waals surface area contributed by atoms with Crippen LogP contribution in [0.25, 0.3) is 0 Å². The van der Waals surface area contributed by atoms with Crippen LogP contribution in [0.2, 0.25) is 0 Å². The van der Waals surface area contributed by atoms with Crippen LogP contribution in [0.1, 0.15) is 32.1 Å². The van der Waals surface area contributed by atoms with Gasteiger partial charge in [0.25, 0.3) is 6.43 Å². The molecule has 0 aliphatic heterocycles. The molecular weight excluding hydrogens is 186 g/mol. The van der Waals surface area contributed by atoms with Gasteiger partial charge in [0.15, 0.2) is 0 Å². The van der Waals surface area contributed by atoms with Crippen molar-refractivity contribution in [2.75, 3.05) is 19.6 Å². The zero-order valence-electron chi connectivity index (χ0n) is 8.59. The maximum Gasteiger partial charge on any atom is 0.251 e. The van der Waals surface area contributed by atoms with Gasteiger partial charge >= 0.3 is 0 Å². The minimum absolute atomic E-state index is 0.109. The quantitative estimate of drug-likeness (QED) is 0.743. The summed E-state index contributed by atoms with van der Waals surface area (Å²) >= 11 is 0. The fourth-order valence-electron chi connectivity index (χ4n) is 2.21. The molecule has 2 nitrogen and oxygen atoms in total. The van der Waals surface area contributed by atoms with Crippen molar-refractivity contribution in [2.24, 2.45) is 5.73 Å². The Morgan fingerprint density at radius 1 is 1.21 bits per heavy atom. The van der Waals surface area contributed by atoms with Crippen LogP contribution in [0.5, 0.6) is 0 Å². The van der Waals surface area contributed by atoms with Crippen molar-refractivity contribution < 1.29 is 8.78 Å². The SMILES string of the molecule is NCCN(CC(F)F)C1CCCCC1. The van der Waals surface area contributed by atoms with E-state index in [4.69, 9.17) is 5.73 Å².